The van der Waals surface area contributed by atoms with Crippen LogP contribution in [0, 0.1) is 3.57 Å². The van der Waals surface area contributed by atoms with Crippen LogP contribution < -0.4 is 11.3 Å². The normalized spacial score (nSPS) is 10.4. The molecule has 1 aromatic carbocycles. The molecule has 0 atom stereocenters. The van der Waals surface area contributed by atoms with Crippen LogP contribution in [0.5, 0.6) is 0 Å². The van der Waals surface area contributed by atoms with Gasteiger partial charge in [0, 0.05) is 9.13 Å². The second kappa shape index (κ2) is 3.99. The summed E-state index contributed by atoms with van der Waals surface area (Å²) in [5.74, 6) is 5.12. The first-order valence-corrected chi connectivity index (χ1v) is 4.27. The van der Waals surface area contributed by atoms with E-state index in [2.05, 4.69) is 5.43 Å². The smallest absolute Gasteiger partial charge is 0.263 e. The average Bonchev–Trinajstić information content (AvgIpc) is 2.05. The van der Waals surface area contributed by atoms with E-state index < -0.39 is 6.43 Å². The fourth-order valence-electron chi connectivity index (χ4n) is 0.789. The van der Waals surface area contributed by atoms with Gasteiger partial charge in [-0.05, 0) is 34.7 Å². The summed E-state index contributed by atoms with van der Waals surface area (Å²) in [6.45, 7) is 0. The maximum Gasteiger partial charge on any atom is 0.263 e. The monoisotopic (exact) mass is 284 g/mol. The SMILES string of the molecule is NNc1cc(C(F)F)ccc1I. The molecule has 5 heteroatoms. The van der Waals surface area contributed by atoms with Crippen molar-refractivity contribution < 1.29 is 8.78 Å². The molecule has 0 aliphatic carbocycles. The summed E-state index contributed by atoms with van der Waals surface area (Å²) in [6.07, 6.45) is -2.45. The fraction of sp³-hybridized carbons (Fsp3) is 0.143. The second-order valence-electron chi connectivity index (χ2n) is 2.18. The van der Waals surface area contributed by atoms with Gasteiger partial charge in [-0.1, -0.05) is 6.07 Å². The van der Waals surface area contributed by atoms with Crippen molar-refractivity contribution in [3.63, 3.8) is 0 Å². The van der Waals surface area contributed by atoms with Crippen LogP contribution in [0.4, 0.5) is 14.5 Å². The highest BCUT2D eigenvalue weighted by atomic mass is 127. The van der Waals surface area contributed by atoms with E-state index in [-0.39, 0.29) is 5.56 Å². The van der Waals surface area contributed by atoms with E-state index in [9.17, 15) is 8.78 Å². The van der Waals surface area contributed by atoms with Gasteiger partial charge in [-0.15, -0.1) is 0 Å². The number of hydrogen-bond acceptors (Lipinski definition) is 2. The van der Waals surface area contributed by atoms with Gasteiger partial charge in [0.25, 0.3) is 6.43 Å². The van der Waals surface area contributed by atoms with E-state index in [1.807, 2.05) is 22.6 Å². The fourth-order valence-corrected chi connectivity index (χ4v) is 1.28. The Balaban J connectivity index is 3.05. The van der Waals surface area contributed by atoms with Crippen LogP contribution >= 0.6 is 22.6 Å². The number of anilines is 1. The largest absolute Gasteiger partial charge is 0.323 e. The lowest BCUT2D eigenvalue weighted by Gasteiger charge is -2.05. The van der Waals surface area contributed by atoms with Crippen molar-refractivity contribution in [2.45, 2.75) is 6.43 Å². The number of hydrogen-bond donors (Lipinski definition) is 2. The first-order chi connectivity index (χ1) is 5.65. The van der Waals surface area contributed by atoms with Gasteiger partial charge in [0.1, 0.15) is 0 Å². The molecule has 12 heavy (non-hydrogen) atoms. The zero-order chi connectivity index (χ0) is 9.14. The van der Waals surface area contributed by atoms with Crippen LogP contribution in [0.25, 0.3) is 0 Å². The maximum absolute atomic E-state index is 12.1. The maximum atomic E-state index is 12.1. The van der Waals surface area contributed by atoms with Gasteiger partial charge in [-0.2, -0.15) is 0 Å². The number of rotatable bonds is 2. The molecule has 1 aromatic rings. The first-order valence-electron chi connectivity index (χ1n) is 3.19. The molecule has 0 aliphatic heterocycles. The number of nitrogens with two attached hydrogens (primary N) is 1. The van der Waals surface area contributed by atoms with E-state index in [1.165, 1.54) is 12.1 Å². The number of nitrogen functional groups attached to an aromatic ring is 1. The highest BCUT2D eigenvalue weighted by Crippen LogP contribution is 2.25. The van der Waals surface area contributed by atoms with Crippen LogP contribution in [-0.4, -0.2) is 0 Å². The third kappa shape index (κ3) is 2.04. The number of hydrazine groups is 1. The lowest BCUT2D eigenvalue weighted by atomic mass is 10.2. The van der Waals surface area contributed by atoms with Crippen LogP contribution in [0.3, 0.4) is 0 Å². The summed E-state index contributed by atoms with van der Waals surface area (Å²) in [4.78, 5) is 0. The molecule has 3 N–H and O–H groups in total. The Morgan fingerprint density at radius 3 is 2.58 bits per heavy atom. The van der Waals surface area contributed by atoms with E-state index in [4.69, 9.17) is 5.84 Å². The summed E-state index contributed by atoms with van der Waals surface area (Å²) in [6, 6.07) is 4.32. The lowest BCUT2D eigenvalue weighted by molar-refractivity contribution is 0.151. The molecule has 2 nitrogen and oxygen atoms in total. The predicted molar refractivity (Wildman–Crippen MR) is 51.9 cm³/mol. The molecule has 0 bridgehead atoms. The highest BCUT2D eigenvalue weighted by molar-refractivity contribution is 14.1. The van der Waals surface area contributed by atoms with E-state index in [0.717, 1.165) is 3.57 Å². The summed E-state index contributed by atoms with van der Waals surface area (Å²) < 4.78 is 25.1. The topological polar surface area (TPSA) is 38.0 Å². The quantitative estimate of drug-likeness (QED) is 0.497. The first kappa shape index (κ1) is 9.66. The molecule has 0 saturated carbocycles. The Labute approximate surface area is 82.2 Å². The van der Waals surface area contributed by atoms with Crippen molar-refractivity contribution >= 4 is 28.3 Å². The molecule has 0 spiro atoms. The number of alkyl halides is 2. The molecule has 0 fully saturated rings. The van der Waals surface area contributed by atoms with Crippen LogP contribution in [0.1, 0.15) is 12.0 Å². The minimum Gasteiger partial charge on any atom is -0.323 e. The minimum atomic E-state index is -2.45. The second-order valence-corrected chi connectivity index (χ2v) is 3.35. The number of nitrogens with one attached hydrogen (secondary N) is 1. The molecule has 0 heterocycles. The van der Waals surface area contributed by atoms with Gasteiger partial charge >= 0.3 is 0 Å². The molecule has 0 aromatic heterocycles. The predicted octanol–water partition coefficient (Wildman–Crippen LogP) is 2.51. The van der Waals surface area contributed by atoms with Gasteiger partial charge in [0.2, 0.25) is 0 Å². The van der Waals surface area contributed by atoms with Crippen molar-refractivity contribution in [2.75, 3.05) is 5.43 Å². The summed E-state index contributed by atoms with van der Waals surface area (Å²) in [5, 5.41) is 0. The number of benzene rings is 1. The Morgan fingerprint density at radius 1 is 1.42 bits per heavy atom. The summed E-state index contributed by atoms with van der Waals surface area (Å²) >= 11 is 2.01. The van der Waals surface area contributed by atoms with Gasteiger partial charge in [0.15, 0.2) is 0 Å². The summed E-state index contributed by atoms with van der Waals surface area (Å²) in [7, 11) is 0. The Kier molecular flexibility index (Phi) is 3.21. The molecular weight excluding hydrogens is 277 g/mol. The van der Waals surface area contributed by atoms with Crippen molar-refractivity contribution in [3.05, 3.63) is 27.3 Å². The average molecular weight is 284 g/mol. The Bertz CT molecular complexity index is 278. The van der Waals surface area contributed by atoms with Crippen molar-refractivity contribution in [1.29, 1.82) is 0 Å². The van der Waals surface area contributed by atoms with Crippen molar-refractivity contribution in [1.82, 2.24) is 0 Å². The Morgan fingerprint density at radius 2 is 2.08 bits per heavy atom. The van der Waals surface area contributed by atoms with Gasteiger partial charge in [-0.25, -0.2) is 8.78 Å². The van der Waals surface area contributed by atoms with E-state index in [1.54, 1.807) is 6.07 Å². The third-order valence-corrected chi connectivity index (χ3v) is 2.34. The molecule has 0 unspecified atom stereocenters. The third-order valence-electron chi connectivity index (χ3n) is 1.40. The van der Waals surface area contributed by atoms with Crippen molar-refractivity contribution in [3.8, 4) is 0 Å². The van der Waals surface area contributed by atoms with E-state index >= 15 is 0 Å². The lowest BCUT2D eigenvalue weighted by Crippen LogP contribution is -2.08. The number of halogens is 3. The van der Waals surface area contributed by atoms with Gasteiger partial charge in [-0.3, -0.25) is 5.84 Å². The van der Waals surface area contributed by atoms with Crippen LogP contribution in [0.2, 0.25) is 0 Å². The van der Waals surface area contributed by atoms with Gasteiger partial charge in [0.05, 0.1) is 5.69 Å². The molecule has 66 valence electrons. The molecule has 1 rings (SSSR count). The Hall–Kier alpha value is -0.430. The molecule has 0 aliphatic rings. The van der Waals surface area contributed by atoms with Crippen LogP contribution in [0.15, 0.2) is 18.2 Å². The van der Waals surface area contributed by atoms with Gasteiger partial charge < -0.3 is 5.43 Å². The molecule has 0 amide bonds. The summed E-state index contributed by atoms with van der Waals surface area (Å²) in [5.41, 5.74) is 2.85. The zero-order valence-electron chi connectivity index (χ0n) is 6.02. The molecule has 0 saturated heterocycles. The van der Waals surface area contributed by atoms with E-state index in [0.29, 0.717) is 5.69 Å². The van der Waals surface area contributed by atoms with Crippen molar-refractivity contribution in [2.24, 2.45) is 5.84 Å². The minimum absolute atomic E-state index is 0.0247. The highest BCUT2D eigenvalue weighted by Gasteiger charge is 2.08. The van der Waals surface area contributed by atoms with Crippen LogP contribution in [-0.2, 0) is 0 Å². The standard InChI is InChI=1S/C7H7F2IN2/c8-7(9)4-1-2-5(10)6(3-4)12-11/h1-3,7,12H,11H2. The zero-order valence-corrected chi connectivity index (χ0v) is 8.18. The molecular formula is C7H7F2IN2. The molecule has 0 radical (unpaired) electrons.